The molecule has 1 aliphatic rings. The Morgan fingerprint density at radius 3 is 2.40 bits per heavy atom. The molecule has 0 aliphatic carbocycles. The largest absolute Gasteiger partial charge is 0.462 e. The molecule has 3 rings (SSSR count). The second-order valence-electron chi connectivity index (χ2n) is 13.7. The van der Waals surface area contributed by atoms with Gasteiger partial charge in [0.1, 0.15) is 12.2 Å². The second-order valence-corrected chi connectivity index (χ2v) is 19.4. The lowest BCUT2D eigenvalue weighted by atomic mass is 9.88. The van der Waals surface area contributed by atoms with Crippen molar-refractivity contribution in [3.63, 3.8) is 0 Å². The first-order chi connectivity index (χ1) is 19.6. The van der Waals surface area contributed by atoms with Gasteiger partial charge in [0.25, 0.3) is 0 Å². The standard InChI is InChI=1S/C36H52O5Si/c1-25(2)29(24-28-14-11-10-12-15-28)18-19-31(37)34-32(40-36(5,6)41-34)17-13-16-30-23-26(3)22-27(4)33(30)35(38)39-20-21-42(7,8)9/h10-16,18-19,22-23,25,29,31-32,34,37H,17,20-21,24H2,1-9H3/b16-13+,19-18?/t29-,31?,32+,34-/m1/s1. The highest BCUT2D eigenvalue weighted by Gasteiger charge is 2.43. The van der Waals surface area contributed by atoms with Crippen LogP contribution in [-0.4, -0.2) is 49.9 Å². The lowest BCUT2D eigenvalue weighted by molar-refractivity contribution is -0.152. The molecule has 1 aliphatic heterocycles. The Bertz CT molecular complexity index is 1230. The van der Waals surface area contributed by atoms with E-state index >= 15 is 0 Å². The number of esters is 1. The van der Waals surface area contributed by atoms with Gasteiger partial charge in [-0.05, 0) is 75.1 Å². The normalized spacial score (nSPS) is 20.5. The quantitative estimate of drug-likeness (QED) is 0.144. The summed E-state index contributed by atoms with van der Waals surface area (Å²) in [7, 11) is -1.30. The van der Waals surface area contributed by atoms with Crippen molar-refractivity contribution in [3.05, 3.63) is 88.5 Å². The van der Waals surface area contributed by atoms with Crippen molar-refractivity contribution in [2.45, 2.75) is 104 Å². The first kappa shape index (κ1) is 34.0. The molecular formula is C36H52O5Si. The summed E-state index contributed by atoms with van der Waals surface area (Å²) in [5.74, 6) is -0.353. The second kappa shape index (κ2) is 14.8. The van der Waals surface area contributed by atoms with E-state index in [2.05, 4.69) is 63.8 Å². The molecule has 1 unspecified atom stereocenters. The zero-order valence-corrected chi connectivity index (χ0v) is 28.1. The summed E-state index contributed by atoms with van der Waals surface area (Å²) < 4.78 is 18.1. The number of hydrogen-bond acceptors (Lipinski definition) is 5. The van der Waals surface area contributed by atoms with Crippen molar-refractivity contribution >= 4 is 20.1 Å². The molecule has 0 radical (unpaired) electrons. The molecule has 1 fully saturated rings. The van der Waals surface area contributed by atoms with Crippen LogP contribution in [0.5, 0.6) is 0 Å². The van der Waals surface area contributed by atoms with Gasteiger partial charge in [0.2, 0.25) is 0 Å². The molecule has 5 nitrogen and oxygen atoms in total. The molecule has 0 bridgehead atoms. The Hall–Kier alpha value is -2.51. The number of carbonyl (C=O) groups excluding carboxylic acids is 1. The summed E-state index contributed by atoms with van der Waals surface area (Å²) in [6.07, 6.45) is 7.79. The van der Waals surface area contributed by atoms with E-state index in [-0.39, 0.29) is 12.1 Å². The van der Waals surface area contributed by atoms with Crippen LogP contribution in [-0.2, 0) is 20.6 Å². The van der Waals surface area contributed by atoms with Crippen LogP contribution in [0.3, 0.4) is 0 Å². The minimum atomic E-state index is -1.30. The third-order valence-corrected chi connectivity index (χ3v) is 9.45. The maximum atomic E-state index is 13.1. The highest BCUT2D eigenvalue weighted by molar-refractivity contribution is 6.76. The van der Waals surface area contributed by atoms with Gasteiger partial charge in [-0.1, -0.05) is 106 Å². The number of benzene rings is 2. The van der Waals surface area contributed by atoms with E-state index in [1.165, 1.54) is 5.56 Å². The van der Waals surface area contributed by atoms with Crippen LogP contribution < -0.4 is 0 Å². The van der Waals surface area contributed by atoms with E-state index < -0.39 is 26.1 Å². The molecule has 1 saturated heterocycles. The van der Waals surface area contributed by atoms with Crippen LogP contribution >= 0.6 is 0 Å². The van der Waals surface area contributed by atoms with E-state index in [4.69, 9.17) is 14.2 Å². The van der Waals surface area contributed by atoms with E-state index in [1.807, 2.05) is 64.1 Å². The van der Waals surface area contributed by atoms with E-state index in [9.17, 15) is 9.90 Å². The molecule has 6 heteroatoms. The van der Waals surface area contributed by atoms with E-state index in [0.29, 0.717) is 30.4 Å². The maximum Gasteiger partial charge on any atom is 0.338 e. The Balaban J connectivity index is 1.73. The average molecular weight is 593 g/mol. The highest BCUT2D eigenvalue weighted by Crippen LogP contribution is 2.33. The van der Waals surface area contributed by atoms with Crippen LogP contribution in [0.15, 0.2) is 60.7 Å². The first-order valence-electron chi connectivity index (χ1n) is 15.4. The van der Waals surface area contributed by atoms with Crippen molar-refractivity contribution in [1.29, 1.82) is 0 Å². The van der Waals surface area contributed by atoms with Crippen LogP contribution in [0.1, 0.15) is 66.7 Å². The zero-order chi connectivity index (χ0) is 31.1. The molecule has 0 saturated carbocycles. The highest BCUT2D eigenvalue weighted by atomic mass is 28.3. The lowest BCUT2D eigenvalue weighted by Crippen LogP contribution is -2.34. The van der Waals surface area contributed by atoms with Crippen molar-refractivity contribution in [3.8, 4) is 0 Å². The van der Waals surface area contributed by atoms with Gasteiger partial charge < -0.3 is 19.3 Å². The first-order valence-corrected chi connectivity index (χ1v) is 19.1. The smallest absolute Gasteiger partial charge is 0.338 e. The summed E-state index contributed by atoms with van der Waals surface area (Å²) >= 11 is 0. The molecule has 42 heavy (non-hydrogen) atoms. The molecule has 2 aromatic carbocycles. The summed E-state index contributed by atoms with van der Waals surface area (Å²) in [5, 5.41) is 11.2. The third kappa shape index (κ3) is 10.3. The fraction of sp³-hybridized carbons (Fsp3) is 0.528. The van der Waals surface area contributed by atoms with Gasteiger partial charge in [-0.25, -0.2) is 4.79 Å². The fourth-order valence-corrected chi connectivity index (χ4v) is 6.09. The van der Waals surface area contributed by atoms with Gasteiger partial charge in [-0.15, -0.1) is 0 Å². The number of carbonyl (C=O) groups is 1. The molecule has 0 spiro atoms. The predicted octanol–water partition coefficient (Wildman–Crippen LogP) is 8.15. The number of aryl methyl sites for hydroxylation is 2. The molecule has 0 amide bonds. The summed E-state index contributed by atoms with van der Waals surface area (Å²) in [4.78, 5) is 13.1. The average Bonchev–Trinajstić information content (AvgIpc) is 3.19. The Labute approximate surface area is 255 Å². The number of aliphatic hydroxyl groups is 1. The summed E-state index contributed by atoms with van der Waals surface area (Å²) in [6.45, 7) is 19.4. The lowest BCUT2D eigenvalue weighted by Gasteiger charge is -2.22. The summed E-state index contributed by atoms with van der Waals surface area (Å²) in [6, 6.07) is 15.4. The van der Waals surface area contributed by atoms with Gasteiger partial charge in [-0.3, -0.25) is 0 Å². The SMILES string of the molecule is Cc1cc(C)c(C(=O)OCC[Si](C)(C)C)c(/C=C/C[C@@H]2OC(C)(C)O[C@@H]2C(O)C=C[C@H](Cc2ccccc2)C(C)C)c1. The van der Waals surface area contributed by atoms with E-state index in [1.54, 1.807) is 0 Å². The van der Waals surface area contributed by atoms with Gasteiger partial charge in [-0.2, -0.15) is 0 Å². The topological polar surface area (TPSA) is 65.0 Å². The Morgan fingerprint density at radius 1 is 1.07 bits per heavy atom. The van der Waals surface area contributed by atoms with Crippen molar-refractivity contribution < 1.29 is 24.1 Å². The van der Waals surface area contributed by atoms with Crippen LogP contribution in [0.2, 0.25) is 25.7 Å². The number of aliphatic hydroxyl groups excluding tert-OH is 1. The molecule has 0 aromatic heterocycles. The molecule has 1 N–H and O–H groups in total. The van der Waals surface area contributed by atoms with Crippen LogP contribution in [0.25, 0.3) is 6.08 Å². The Morgan fingerprint density at radius 2 is 1.76 bits per heavy atom. The molecule has 230 valence electrons. The molecular weight excluding hydrogens is 540 g/mol. The third-order valence-electron chi connectivity index (χ3n) is 7.75. The minimum absolute atomic E-state index is 0.277. The van der Waals surface area contributed by atoms with Crippen LogP contribution in [0.4, 0.5) is 0 Å². The van der Waals surface area contributed by atoms with Gasteiger partial charge in [0.05, 0.1) is 18.3 Å². The number of ether oxygens (including phenoxy) is 3. The summed E-state index contributed by atoms with van der Waals surface area (Å²) in [5.41, 5.74) is 4.71. The zero-order valence-electron chi connectivity index (χ0n) is 27.1. The predicted molar refractivity (Wildman–Crippen MR) is 175 cm³/mol. The molecule has 2 aromatic rings. The minimum Gasteiger partial charge on any atom is -0.462 e. The molecule has 1 heterocycles. The van der Waals surface area contributed by atoms with Crippen molar-refractivity contribution in [2.24, 2.45) is 11.8 Å². The number of allylic oxidation sites excluding steroid dienone is 1. The maximum absolute atomic E-state index is 13.1. The Kier molecular flexibility index (Phi) is 12.0. The van der Waals surface area contributed by atoms with Crippen LogP contribution in [0, 0.1) is 25.7 Å². The molecule has 4 atom stereocenters. The van der Waals surface area contributed by atoms with Crippen molar-refractivity contribution in [2.75, 3.05) is 6.61 Å². The van der Waals surface area contributed by atoms with Gasteiger partial charge in [0.15, 0.2) is 5.79 Å². The number of rotatable bonds is 13. The van der Waals surface area contributed by atoms with E-state index in [0.717, 1.165) is 29.2 Å². The van der Waals surface area contributed by atoms with Gasteiger partial charge >= 0.3 is 5.97 Å². The number of hydrogen-bond donors (Lipinski definition) is 1. The van der Waals surface area contributed by atoms with Crippen molar-refractivity contribution in [1.82, 2.24) is 0 Å². The monoisotopic (exact) mass is 592 g/mol. The van der Waals surface area contributed by atoms with Gasteiger partial charge in [0, 0.05) is 8.07 Å². The fourth-order valence-electron chi connectivity index (χ4n) is 5.38.